The molecule has 3 nitrogen and oxygen atoms in total. The molecule has 4 heteroatoms. The molecule has 1 aliphatic heterocycles. The van der Waals surface area contributed by atoms with Gasteiger partial charge in [-0.1, -0.05) is 28.1 Å². The zero-order chi connectivity index (χ0) is 14.5. The summed E-state index contributed by atoms with van der Waals surface area (Å²) in [5.41, 5.74) is 1.37. The van der Waals surface area contributed by atoms with E-state index in [9.17, 15) is 0 Å². The first-order valence-electron chi connectivity index (χ1n) is 7.45. The minimum absolute atomic E-state index is 0.443. The van der Waals surface area contributed by atoms with Crippen molar-refractivity contribution in [2.75, 3.05) is 40.3 Å². The molecular formula is C16H26BrN3. The van der Waals surface area contributed by atoms with E-state index in [0.29, 0.717) is 12.1 Å². The lowest BCUT2D eigenvalue weighted by atomic mass is 10.0. The van der Waals surface area contributed by atoms with E-state index in [1.54, 1.807) is 0 Å². The van der Waals surface area contributed by atoms with Gasteiger partial charge >= 0.3 is 0 Å². The summed E-state index contributed by atoms with van der Waals surface area (Å²) in [5.74, 6) is 0. The maximum atomic E-state index is 3.50. The number of piperazine rings is 1. The van der Waals surface area contributed by atoms with Crippen LogP contribution in [0.15, 0.2) is 28.7 Å². The molecule has 0 aliphatic carbocycles. The Hall–Kier alpha value is -0.420. The number of benzene rings is 1. The summed E-state index contributed by atoms with van der Waals surface area (Å²) in [7, 11) is 4.28. The quantitative estimate of drug-likeness (QED) is 0.889. The normalized spacial score (nSPS) is 22.9. The Bertz CT molecular complexity index is 407. The van der Waals surface area contributed by atoms with Crippen molar-refractivity contribution in [3.05, 3.63) is 34.3 Å². The molecule has 0 radical (unpaired) electrons. The molecule has 112 valence electrons. The lowest BCUT2D eigenvalue weighted by molar-refractivity contribution is 0.102. The van der Waals surface area contributed by atoms with Gasteiger partial charge < -0.3 is 15.1 Å². The van der Waals surface area contributed by atoms with Crippen LogP contribution in [0.1, 0.15) is 24.9 Å². The number of nitrogens with zero attached hydrogens (tertiary/aromatic N) is 2. The van der Waals surface area contributed by atoms with Crippen LogP contribution in [0.4, 0.5) is 0 Å². The highest BCUT2D eigenvalue weighted by Gasteiger charge is 2.21. The molecule has 20 heavy (non-hydrogen) atoms. The Morgan fingerprint density at radius 2 is 2.00 bits per heavy atom. The van der Waals surface area contributed by atoms with Crippen molar-refractivity contribution in [2.24, 2.45) is 0 Å². The second-order valence-electron chi connectivity index (χ2n) is 5.81. The molecule has 1 aromatic carbocycles. The van der Waals surface area contributed by atoms with E-state index in [1.165, 1.54) is 31.7 Å². The third-order valence-corrected chi connectivity index (χ3v) is 4.93. The molecule has 1 aromatic rings. The first-order valence-corrected chi connectivity index (χ1v) is 8.24. The van der Waals surface area contributed by atoms with Crippen LogP contribution in [0.3, 0.4) is 0 Å². The van der Waals surface area contributed by atoms with Crippen LogP contribution in [-0.4, -0.2) is 56.1 Å². The van der Waals surface area contributed by atoms with E-state index in [-0.39, 0.29) is 0 Å². The first kappa shape index (κ1) is 16.0. The third-order valence-electron chi connectivity index (χ3n) is 4.40. The van der Waals surface area contributed by atoms with Gasteiger partial charge in [0.1, 0.15) is 0 Å². The highest BCUT2D eigenvalue weighted by atomic mass is 79.9. The number of likely N-dealkylation sites (N-methyl/N-ethyl adjacent to an activating group) is 1. The topological polar surface area (TPSA) is 18.5 Å². The molecule has 0 amide bonds. The van der Waals surface area contributed by atoms with Crippen LogP contribution in [0.2, 0.25) is 0 Å². The largest absolute Gasteiger partial charge is 0.313 e. The van der Waals surface area contributed by atoms with Gasteiger partial charge in [0.25, 0.3) is 0 Å². The summed E-state index contributed by atoms with van der Waals surface area (Å²) in [5, 5.41) is 3.44. The molecule has 2 rings (SSSR count). The minimum atomic E-state index is 0.443. The van der Waals surface area contributed by atoms with Gasteiger partial charge in [0.15, 0.2) is 0 Å². The van der Waals surface area contributed by atoms with Gasteiger partial charge in [-0.25, -0.2) is 0 Å². The number of halogens is 1. The van der Waals surface area contributed by atoms with E-state index < -0.39 is 0 Å². The summed E-state index contributed by atoms with van der Waals surface area (Å²) in [6, 6.07) is 9.77. The predicted molar refractivity (Wildman–Crippen MR) is 89.1 cm³/mol. The van der Waals surface area contributed by atoms with E-state index in [2.05, 4.69) is 76.3 Å². The predicted octanol–water partition coefficient (Wildman–Crippen LogP) is 2.74. The smallest absolute Gasteiger partial charge is 0.0329 e. The average Bonchev–Trinajstić information content (AvgIpc) is 2.45. The summed E-state index contributed by atoms with van der Waals surface area (Å²) in [6.45, 7) is 7.05. The van der Waals surface area contributed by atoms with Crippen molar-refractivity contribution in [3.8, 4) is 0 Å². The third kappa shape index (κ3) is 4.29. The van der Waals surface area contributed by atoms with Gasteiger partial charge in [-0.2, -0.15) is 0 Å². The van der Waals surface area contributed by atoms with E-state index in [1.807, 2.05) is 0 Å². The minimum Gasteiger partial charge on any atom is -0.313 e. The Balaban J connectivity index is 1.86. The molecule has 2 atom stereocenters. The van der Waals surface area contributed by atoms with E-state index in [4.69, 9.17) is 0 Å². The highest BCUT2D eigenvalue weighted by molar-refractivity contribution is 9.10. The zero-order valence-corrected chi connectivity index (χ0v) is 14.4. The Morgan fingerprint density at radius 3 is 2.60 bits per heavy atom. The van der Waals surface area contributed by atoms with E-state index >= 15 is 0 Å². The lowest BCUT2D eigenvalue weighted by Gasteiger charge is -2.38. The Morgan fingerprint density at radius 1 is 1.30 bits per heavy atom. The van der Waals surface area contributed by atoms with E-state index in [0.717, 1.165) is 10.9 Å². The molecule has 1 aliphatic rings. The van der Waals surface area contributed by atoms with Crippen molar-refractivity contribution in [2.45, 2.75) is 25.4 Å². The summed E-state index contributed by atoms with van der Waals surface area (Å²) in [6.07, 6.45) is 1.16. The molecular weight excluding hydrogens is 314 g/mol. The van der Waals surface area contributed by atoms with Gasteiger partial charge in [-0.05, 0) is 45.1 Å². The van der Waals surface area contributed by atoms with Gasteiger partial charge in [-0.15, -0.1) is 0 Å². The van der Waals surface area contributed by atoms with Crippen molar-refractivity contribution in [3.63, 3.8) is 0 Å². The molecule has 1 N–H and O–H groups in total. The highest BCUT2D eigenvalue weighted by Crippen LogP contribution is 2.20. The van der Waals surface area contributed by atoms with Gasteiger partial charge in [-0.3, -0.25) is 0 Å². The summed E-state index contributed by atoms with van der Waals surface area (Å²) < 4.78 is 1.14. The second-order valence-corrected chi connectivity index (χ2v) is 6.73. The fourth-order valence-electron chi connectivity index (χ4n) is 2.81. The van der Waals surface area contributed by atoms with Crippen LogP contribution in [0.25, 0.3) is 0 Å². The fourth-order valence-corrected chi connectivity index (χ4v) is 3.08. The second kappa shape index (κ2) is 7.55. The number of rotatable bonds is 5. The first-order chi connectivity index (χ1) is 9.60. The van der Waals surface area contributed by atoms with Gasteiger partial charge in [0, 0.05) is 42.7 Å². The number of hydrogen-bond acceptors (Lipinski definition) is 3. The van der Waals surface area contributed by atoms with Crippen molar-refractivity contribution in [1.29, 1.82) is 0 Å². The maximum absolute atomic E-state index is 3.50. The molecule has 0 aromatic heterocycles. The Kier molecular flexibility index (Phi) is 6.02. The number of hydrogen-bond donors (Lipinski definition) is 1. The van der Waals surface area contributed by atoms with Gasteiger partial charge in [0.05, 0.1) is 0 Å². The molecule has 0 bridgehead atoms. The van der Waals surface area contributed by atoms with Crippen molar-refractivity contribution < 1.29 is 0 Å². The fraction of sp³-hybridized carbons (Fsp3) is 0.625. The van der Waals surface area contributed by atoms with Crippen LogP contribution < -0.4 is 5.32 Å². The van der Waals surface area contributed by atoms with Crippen LogP contribution in [0.5, 0.6) is 0 Å². The maximum Gasteiger partial charge on any atom is 0.0329 e. The molecule has 0 spiro atoms. The van der Waals surface area contributed by atoms with Crippen LogP contribution in [-0.2, 0) is 0 Å². The Labute approximate surface area is 131 Å². The molecule has 0 saturated carbocycles. The van der Waals surface area contributed by atoms with Crippen molar-refractivity contribution >= 4 is 15.9 Å². The summed E-state index contributed by atoms with van der Waals surface area (Å²) >= 11 is 3.50. The molecule has 1 fully saturated rings. The molecule has 2 unspecified atom stereocenters. The standard InChI is InChI=1S/C16H26BrN3/c1-13-12-20(11-10-19(13)3)9-8-16(18-2)14-4-6-15(17)7-5-14/h4-7,13,16,18H,8-12H2,1-3H3. The van der Waals surface area contributed by atoms with Gasteiger partial charge in [0.2, 0.25) is 0 Å². The number of nitrogens with one attached hydrogen (secondary N) is 1. The zero-order valence-electron chi connectivity index (χ0n) is 12.8. The van der Waals surface area contributed by atoms with Crippen LogP contribution in [0, 0.1) is 0 Å². The van der Waals surface area contributed by atoms with Crippen molar-refractivity contribution in [1.82, 2.24) is 15.1 Å². The SMILES string of the molecule is CNC(CCN1CCN(C)C(C)C1)c1ccc(Br)cc1. The monoisotopic (exact) mass is 339 g/mol. The summed E-state index contributed by atoms with van der Waals surface area (Å²) in [4.78, 5) is 5.04. The lowest BCUT2D eigenvalue weighted by Crippen LogP contribution is -2.50. The average molecular weight is 340 g/mol. The molecule has 1 heterocycles. The molecule has 1 saturated heterocycles. The van der Waals surface area contributed by atoms with Crippen LogP contribution >= 0.6 is 15.9 Å².